The average molecular weight is 474 g/mol. The van der Waals surface area contributed by atoms with E-state index in [2.05, 4.69) is 5.32 Å². The number of halogens is 3. The first kappa shape index (κ1) is 23.0. The van der Waals surface area contributed by atoms with Gasteiger partial charge in [-0.25, -0.2) is 12.8 Å². The van der Waals surface area contributed by atoms with Crippen LogP contribution in [0.25, 0.3) is 0 Å². The second kappa shape index (κ2) is 9.62. The van der Waals surface area contributed by atoms with Crippen LogP contribution in [-0.4, -0.2) is 55.8 Å². The van der Waals surface area contributed by atoms with Gasteiger partial charge in [-0.3, -0.25) is 9.69 Å². The van der Waals surface area contributed by atoms with Crippen molar-refractivity contribution in [2.45, 2.75) is 24.4 Å². The Morgan fingerprint density at radius 2 is 1.63 bits per heavy atom. The van der Waals surface area contributed by atoms with E-state index in [-0.39, 0.29) is 39.8 Å². The molecule has 0 bridgehead atoms. The molecule has 1 saturated heterocycles. The molecule has 0 spiro atoms. The van der Waals surface area contributed by atoms with Gasteiger partial charge >= 0.3 is 0 Å². The summed E-state index contributed by atoms with van der Waals surface area (Å²) in [6.45, 7) is 3.30. The van der Waals surface area contributed by atoms with Crippen LogP contribution in [0.2, 0.25) is 10.0 Å². The number of carbonyl (C=O) groups is 1. The van der Waals surface area contributed by atoms with E-state index in [1.807, 2.05) is 4.90 Å². The number of sulfonamides is 1. The minimum atomic E-state index is -3.83. The van der Waals surface area contributed by atoms with Gasteiger partial charge in [0.25, 0.3) is 0 Å². The number of rotatable bonds is 6. The van der Waals surface area contributed by atoms with Crippen LogP contribution in [0.1, 0.15) is 12.5 Å². The highest BCUT2D eigenvalue weighted by atomic mass is 35.5. The van der Waals surface area contributed by atoms with Gasteiger partial charge in [-0.2, -0.15) is 4.31 Å². The van der Waals surface area contributed by atoms with Crippen LogP contribution in [0, 0.1) is 5.82 Å². The fourth-order valence-electron chi connectivity index (χ4n) is 3.29. The summed E-state index contributed by atoms with van der Waals surface area (Å²) in [5.41, 5.74) is 0.796. The molecule has 2 aromatic carbocycles. The number of hydrogen-bond donors (Lipinski definition) is 1. The molecule has 1 aliphatic heterocycles. The molecular weight excluding hydrogens is 452 g/mol. The standard InChI is InChI=1S/C20H22Cl2FN3O3S/c1-14(20(27)24-13-15-5-7-16(23)8-6-15)25-9-11-26(12-10-25)30(28,29)19-17(21)3-2-4-18(19)22/h2-8,14H,9-13H2,1H3,(H,24,27). The van der Waals surface area contributed by atoms with E-state index >= 15 is 0 Å². The highest BCUT2D eigenvalue weighted by molar-refractivity contribution is 7.89. The Hall–Kier alpha value is -1.71. The van der Waals surface area contributed by atoms with Crippen LogP contribution in [0.4, 0.5) is 4.39 Å². The molecule has 6 nitrogen and oxygen atoms in total. The van der Waals surface area contributed by atoms with Crippen molar-refractivity contribution >= 4 is 39.1 Å². The molecule has 3 rings (SSSR count). The summed E-state index contributed by atoms with van der Waals surface area (Å²) in [6.07, 6.45) is 0. The Bertz CT molecular complexity index is 990. The topological polar surface area (TPSA) is 69.7 Å². The largest absolute Gasteiger partial charge is 0.351 e. The minimum Gasteiger partial charge on any atom is -0.351 e. The number of amides is 1. The van der Waals surface area contributed by atoms with E-state index < -0.39 is 16.1 Å². The van der Waals surface area contributed by atoms with Crippen LogP contribution in [0.15, 0.2) is 47.4 Å². The number of piperazine rings is 1. The molecule has 0 radical (unpaired) electrons. The number of carbonyl (C=O) groups excluding carboxylic acids is 1. The molecule has 2 aromatic rings. The summed E-state index contributed by atoms with van der Waals surface area (Å²) in [5, 5.41) is 2.99. The molecule has 1 N–H and O–H groups in total. The lowest BCUT2D eigenvalue weighted by molar-refractivity contribution is -0.126. The second-order valence-corrected chi connectivity index (χ2v) is 9.70. The van der Waals surface area contributed by atoms with E-state index in [1.165, 1.54) is 28.6 Å². The molecule has 0 aromatic heterocycles. The number of nitrogens with one attached hydrogen (secondary N) is 1. The highest BCUT2D eigenvalue weighted by Crippen LogP contribution is 2.32. The summed E-state index contributed by atoms with van der Waals surface area (Å²) >= 11 is 12.1. The summed E-state index contributed by atoms with van der Waals surface area (Å²) in [6, 6.07) is 10.1. The fourth-order valence-corrected chi connectivity index (χ4v) is 5.81. The van der Waals surface area contributed by atoms with E-state index in [9.17, 15) is 17.6 Å². The summed E-state index contributed by atoms with van der Waals surface area (Å²) in [5.74, 6) is -0.505. The Labute approximate surface area is 185 Å². The second-order valence-electron chi connectivity index (χ2n) is 7.01. The zero-order valence-corrected chi connectivity index (χ0v) is 18.6. The lowest BCUT2D eigenvalue weighted by Gasteiger charge is -2.36. The maximum Gasteiger partial charge on any atom is 0.246 e. The first-order chi connectivity index (χ1) is 14.2. The van der Waals surface area contributed by atoms with Crippen molar-refractivity contribution < 1.29 is 17.6 Å². The van der Waals surface area contributed by atoms with Crippen molar-refractivity contribution in [3.8, 4) is 0 Å². The van der Waals surface area contributed by atoms with Crippen LogP contribution in [-0.2, 0) is 21.4 Å². The van der Waals surface area contributed by atoms with E-state index in [0.717, 1.165) is 5.56 Å². The monoisotopic (exact) mass is 473 g/mol. The maximum absolute atomic E-state index is 13.0. The van der Waals surface area contributed by atoms with Gasteiger partial charge in [0.2, 0.25) is 15.9 Å². The smallest absolute Gasteiger partial charge is 0.246 e. The van der Waals surface area contributed by atoms with E-state index in [1.54, 1.807) is 25.1 Å². The highest BCUT2D eigenvalue weighted by Gasteiger charge is 2.34. The first-order valence-electron chi connectivity index (χ1n) is 9.40. The van der Waals surface area contributed by atoms with Crippen molar-refractivity contribution in [3.05, 3.63) is 63.9 Å². The van der Waals surface area contributed by atoms with Crippen LogP contribution in [0.5, 0.6) is 0 Å². The molecule has 10 heteroatoms. The van der Waals surface area contributed by atoms with Gasteiger partial charge in [0.1, 0.15) is 10.7 Å². The molecule has 1 aliphatic rings. The zero-order valence-electron chi connectivity index (χ0n) is 16.3. The van der Waals surface area contributed by atoms with Crippen LogP contribution in [0.3, 0.4) is 0 Å². The van der Waals surface area contributed by atoms with E-state index in [0.29, 0.717) is 19.6 Å². The SMILES string of the molecule is CC(C(=O)NCc1ccc(F)cc1)N1CCN(S(=O)(=O)c2c(Cl)cccc2Cl)CC1. The minimum absolute atomic E-state index is 0.0819. The average Bonchev–Trinajstić information content (AvgIpc) is 2.72. The van der Waals surface area contributed by atoms with Gasteiger partial charge in [0.05, 0.1) is 16.1 Å². The summed E-state index contributed by atoms with van der Waals surface area (Å²) < 4.78 is 40.2. The maximum atomic E-state index is 13.0. The summed E-state index contributed by atoms with van der Waals surface area (Å²) in [7, 11) is -3.83. The Balaban J connectivity index is 1.58. The van der Waals surface area contributed by atoms with Crippen molar-refractivity contribution in [1.29, 1.82) is 0 Å². The van der Waals surface area contributed by atoms with E-state index in [4.69, 9.17) is 23.2 Å². The predicted octanol–water partition coefficient (Wildman–Crippen LogP) is 3.14. The van der Waals surface area contributed by atoms with Crippen molar-refractivity contribution in [2.75, 3.05) is 26.2 Å². The number of hydrogen-bond acceptors (Lipinski definition) is 4. The fraction of sp³-hybridized carbons (Fsp3) is 0.350. The molecule has 1 fully saturated rings. The molecule has 1 heterocycles. The normalized spacial score (nSPS) is 16.9. The lowest BCUT2D eigenvalue weighted by Crippen LogP contribution is -2.54. The van der Waals surface area contributed by atoms with Gasteiger partial charge in [-0.15, -0.1) is 0 Å². The van der Waals surface area contributed by atoms with Gasteiger partial charge in [-0.1, -0.05) is 41.4 Å². The molecule has 0 saturated carbocycles. The van der Waals surface area contributed by atoms with Crippen molar-refractivity contribution in [3.63, 3.8) is 0 Å². The molecule has 30 heavy (non-hydrogen) atoms. The summed E-state index contributed by atoms with van der Waals surface area (Å²) in [4.78, 5) is 14.3. The quantitative estimate of drug-likeness (QED) is 0.699. The molecule has 1 amide bonds. The molecule has 0 aliphatic carbocycles. The molecule has 1 atom stereocenters. The molecule has 162 valence electrons. The zero-order chi connectivity index (χ0) is 21.9. The van der Waals surface area contributed by atoms with Crippen molar-refractivity contribution in [2.24, 2.45) is 0 Å². The first-order valence-corrected chi connectivity index (χ1v) is 11.6. The third kappa shape index (κ3) is 5.12. The lowest BCUT2D eigenvalue weighted by atomic mass is 10.2. The number of nitrogens with zero attached hydrogens (tertiary/aromatic N) is 2. The van der Waals surface area contributed by atoms with Gasteiger partial charge in [-0.05, 0) is 36.8 Å². The Morgan fingerprint density at radius 1 is 1.07 bits per heavy atom. The van der Waals surface area contributed by atoms with Crippen LogP contribution >= 0.6 is 23.2 Å². The third-order valence-electron chi connectivity index (χ3n) is 5.10. The Kier molecular flexibility index (Phi) is 7.36. The van der Waals surface area contributed by atoms with Crippen LogP contribution < -0.4 is 5.32 Å². The van der Waals surface area contributed by atoms with Crippen molar-refractivity contribution in [1.82, 2.24) is 14.5 Å². The van der Waals surface area contributed by atoms with Gasteiger partial charge in [0.15, 0.2) is 0 Å². The van der Waals surface area contributed by atoms with Gasteiger partial charge in [0, 0.05) is 32.7 Å². The molecular formula is C20H22Cl2FN3O3S. The van der Waals surface area contributed by atoms with Gasteiger partial charge < -0.3 is 5.32 Å². The third-order valence-corrected chi connectivity index (χ3v) is 7.95. The molecule has 1 unspecified atom stereocenters. The predicted molar refractivity (Wildman–Crippen MR) is 115 cm³/mol. The Morgan fingerprint density at radius 3 is 2.20 bits per heavy atom. The number of benzene rings is 2.